The summed E-state index contributed by atoms with van der Waals surface area (Å²) in [6.07, 6.45) is 4.66. The lowest BCUT2D eigenvalue weighted by atomic mass is 9.90. The van der Waals surface area contributed by atoms with Crippen molar-refractivity contribution in [3.05, 3.63) is 69.3 Å². The van der Waals surface area contributed by atoms with Gasteiger partial charge in [-0.25, -0.2) is 0 Å². The molecule has 3 aromatic rings. The van der Waals surface area contributed by atoms with E-state index in [1.54, 1.807) is 40.0 Å². The van der Waals surface area contributed by atoms with E-state index in [9.17, 15) is 9.59 Å². The predicted octanol–water partition coefficient (Wildman–Crippen LogP) is 6.40. The Morgan fingerprint density at radius 1 is 1.10 bits per heavy atom. The summed E-state index contributed by atoms with van der Waals surface area (Å²) in [5.41, 5.74) is 3.85. The maximum Gasteiger partial charge on any atom is 0.260 e. The summed E-state index contributed by atoms with van der Waals surface area (Å²) in [5.74, 6) is 0.679. The van der Waals surface area contributed by atoms with Crippen LogP contribution in [0.15, 0.2) is 42.6 Å². The number of aryl methyl sites for hydroxylation is 1. The number of amides is 2. The largest absolute Gasteiger partial charge is 0.352 e. The number of likely N-dealkylation sites (tertiary alicyclic amines) is 1. The molecular weight excluding hydrogens is 559 g/mol. The van der Waals surface area contributed by atoms with Crippen LogP contribution in [-0.2, 0) is 24.9 Å². The van der Waals surface area contributed by atoms with Crippen LogP contribution in [0.25, 0.3) is 0 Å². The molecular formula is C31H38Cl2N6O2. The fourth-order valence-corrected chi connectivity index (χ4v) is 5.86. The molecule has 218 valence electrons. The van der Waals surface area contributed by atoms with Gasteiger partial charge in [0, 0.05) is 30.1 Å². The van der Waals surface area contributed by atoms with E-state index in [0.29, 0.717) is 45.5 Å². The van der Waals surface area contributed by atoms with Crippen molar-refractivity contribution in [1.29, 1.82) is 0 Å². The molecule has 2 aliphatic rings. The Morgan fingerprint density at radius 2 is 1.85 bits per heavy atom. The second kappa shape index (κ2) is 12.0. The minimum atomic E-state index is -0.231. The Bertz CT molecular complexity index is 1440. The van der Waals surface area contributed by atoms with E-state index < -0.39 is 0 Å². The summed E-state index contributed by atoms with van der Waals surface area (Å²) in [6, 6.07) is 10.7. The Balaban J connectivity index is 1.23. The van der Waals surface area contributed by atoms with E-state index in [1.807, 2.05) is 19.2 Å². The Labute approximate surface area is 252 Å². The van der Waals surface area contributed by atoms with Gasteiger partial charge in [0.1, 0.15) is 5.82 Å². The van der Waals surface area contributed by atoms with E-state index in [1.165, 1.54) is 0 Å². The molecule has 2 N–H and O–H groups in total. The maximum absolute atomic E-state index is 13.8. The van der Waals surface area contributed by atoms with E-state index in [4.69, 9.17) is 23.2 Å². The summed E-state index contributed by atoms with van der Waals surface area (Å²) in [5, 5.41) is 11.7. The minimum Gasteiger partial charge on any atom is -0.352 e. The highest BCUT2D eigenvalue weighted by atomic mass is 35.5. The number of benzene rings is 2. The van der Waals surface area contributed by atoms with Gasteiger partial charge in [-0.3, -0.25) is 14.3 Å². The van der Waals surface area contributed by atoms with Gasteiger partial charge in [0.25, 0.3) is 5.91 Å². The second-order valence-electron chi connectivity index (χ2n) is 12.3. The molecule has 1 fully saturated rings. The maximum atomic E-state index is 13.8. The van der Waals surface area contributed by atoms with Gasteiger partial charge in [0.2, 0.25) is 5.91 Å². The van der Waals surface area contributed by atoms with Gasteiger partial charge in [0.15, 0.2) is 0 Å². The second-order valence-corrected chi connectivity index (χ2v) is 13.1. The van der Waals surface area contributed by atoms with Gasteiger partial charge < -0.3 is 20.4 Å². The van der Waals surface area contributed by atoms with Crippen LogP contribution in [-0.4, -0.2) is 46.1 Å². The molecule has 0 unspecified atom stereocenters. The van der Waals surface area contributed by atoms with E-state index >= 15 is 0 Å². The normalized spacial score (nSPS) is 16.0. The first-order chi connectivity index (χ1) is 19.5. The van der Waals surface area contributed by atoms with Crippen LogP contribution in [0.5, 0.6) is 0 Å². The van der Waals surface area contributed by atoms with E-state index in [2.05, 4.69) is 41.4 Å². The van der Waals surface area contributed by atoms with Crippen molar-refractivity contribution < 1.29 is 9.59 Å². The monoisotopic (exact) mass is 596 g/mol. The van der Waals surface area contributed by atoms with Crippen LogP contribution in [0, 0.1) is 11.3 Å². The summed E-state index contributed by atoms with van der Waals surface area (Å²) >= 11 is 12.9. The molecule has 0 atom stereocenters. The van der Waals surface area contributed by atoms with Crippen LogP contribution in [0.1, 0.15) is 61.5 Å². The molecule has 0 radical (unpaired) electrons. The summed E-state index contributed by atoms with van der Waals surface area (Å²) in [7, 11) is 1.85. The molecule has 2 aromatic carbocycles. The molecule has 41 heavy (non-hydrogen) atoms. The van der Waals surface area contributed by atoms with Crippen LogP contribution >= 0.6 is 23.2 Å². The lowest BCUT2D eigenvalue weighted by molar-refractivity contribution is -0.126. The molecule has 1 aromatic heterocycles. The SMILES string of the molecule is Cn1ncc2c1Nc1cc(Cl)ccc1N(C(=O)c1ccc(CNC(=O)C3CCN(CCC(C)(C)C)CC3)cc1Cl)C2. The van der Waals surface area contributed by atoms with Gasteiger partial charge in [-0.1, -0.05) is 50.0 Å². The Kier molecular flexibility index (Phi) is 8.64. The molecule has 0 saturated carbocycles. The van der Waals surface area contributed by atoms with Crippen molar-refractivity contribution >= 4 is 52.2 Å². The first-order valence-corrected chi connectivity index (χ1v) is 14.9. The van der Waals surface area contributed by atoms with Gasteiger partial charge >= 0.3 is 0 Å². The zero-order chi connectivity index (χ0) is 29.3. The first kappa shape index (κ1) is 29.4. The average Bonchev–Trinajstić information content (AvgIpc) is 3.18. The molecule has 8 nitrogen and oxygen atoms in total. The van der Waals surface area contributed by atoms with Crippen LogP contribution in [0.4, 0.5) is 17.2 Å². The van der Waals surface area contributed by atoms with E-state index in [-0.39, 0.29) is 17.7 Å². The highest BCUT2D eigenvalue weighted by Gasteiger charge is 2.29. The number of hydrogen-bond donors (Lipinski definition) is 2. The topological polar surface area (TPSA) is 82.5 Å². The number of aromatic nitrogens is 2. The number of carbonyl (C=O) groups excluding carboxylic acids is 2. The lowest BCUT2D eigenvalue weighted by Gasteiger charge is -2.33. The fraction of sp³-hybridized carbons (Fsp3) is 0.452. The number of rotatable bonds is 6. The number of anilines is 3. The first-order valence-electron chi connectivity index (χ1n) is 14.2. The summed E-state index contributed by atoms with van der Waals surface area (Å²) < 4.78 is 1.74. The molecule has 10 heteroatoms. The van der Waals surface area contributed by atoms with Crippen molar-refractivity contribution in [3.8, 4) is 0 Å². The Hall–Kier alpha value is -3.07. The van der Waals surface area contributed by atoms with Crippen molar-refractivity contribution in [1.82, 2.24) is 20.0 Å². The molecule has 1 saturated heterocycles. The molecule has 3 heterocycles. The minimum absolute atomic E-state index is 0.0276. The van der Waals surface area contributed by atoms with Crippen molar-refractivity contribution in [2.24, 2.45) is 18.4 Å². The molecule has 0 aliphatic carbocycles. The standard InChI is InChI=1S/C31H38Cl2N6O2/c1-31(2,3)11-14-38-12-9-21(10-13-38)29(40)34-17-20-5-7-24(25(33)15-20)30(41)39-19-22-18-35-37(4)28(22)36-26-16-23(32)6-8-27(26)39/h5-8,15-16,18,21,36H,9-14,17,19H2,1-4H3,(H,34,40). The smallest absolute Gasteiger partial charge is 0.260 e. The summed E-state index contributed by atoms with van der Waals surface area (Å²) in [4.78, 5) is 30.9. The fourth-order valence-electron chi connectivity index (χ4n) is 5.40. The van der Waals surface area contributed by atoms with Crippen molar-refractivity contribution in [3.63, 3.8) is 0 Å². The van der Waals surface area contributed by atoms with Crippen molar-refractivity contribution in [2.45, 2.75) is 53.1 Å². The zero-order valence-electron chi connectivity index (χ0n) is 24.1. The number of halogens is 2. The zero-order valence-corrected chi connectivity index (χ0v) is 25.6. The number of fused-ring (bicyclic) bond motifs is 2. The Morgan fingerprint density at radius 3 is 2.56 bits per heavy atom. The molecule has 0 spiro atoms. The van der Waals surface area contributed by atoms with Crippen LogP contribution < -0.4 is 15.5 Å². The van der Waals surface area contributed by atoms with Gasteiger partial charge in [-0.2, -0.15) is 5.10 Å². The van der Waals surface area contributed by atoms with E-state index in [0.717, 1.165) is 55.8 Å². The highest BCUT2D eigenvalue weighted by Crippen LogP contribution is 2.38. The number of carbonyl (C=O) groups is 2. The lowest BCUT2D eigenvalue weighted by Crippen LogP contribution is -2.41. The van der Waals surface area contributed by atoms with Gasteiger partial charge in [-0.05, 0) is 80.2 Å². The number of nitrogens with zero attached hydrogens (tertiary/aromatic N) is 4. The van der Waals surface area contributed by atoms with Gasteiger partial charge in [-0.15, -0.1) is 0 Å². The third kappa shape index (κ3) is 6.88. The number of piperidine rings is 1. The number of hydrogen-bond acceptors (Lipinski definition) is 5. The highest BCUT2D eigenvalue weighted by molar-refractivity contribution is 6.35. The predicted molar refractivity (Wildman–Crippen MR) is 165 cm³/mol. The molecule has 0 bridgehead atoms. The average molecular weight is 598 g/mol. The molecule has 2 amide bonds. The van der Waals surface area contributed by atoms with Gasteiger partial charge in [0.05, 0.1) is 34.7 Å². The van der Waals surface area contributed by atoms with Crippen LogP contribution in [0.2, 0.25) is 10.0 Å². The molecule has 5 rings (SSSR count). The number of nitrogens with one attached hydrogen (secondary N) is 2. The quantitative estimate of drug-likeness (QED) is 0.344. The molecule has 2 aliphatic heterocycles. The van der Waals surface area contributed by atoms with Crippen LogP contribution in [0.3, 0.4) is 0 Å². The summed E-state index contributed by atoms with van der Waals surface area (Å²) in [6.45, 7) is 10.5. The third-order valence-electron chi connectivity index (χ3n) is 7.96. The van der Waals surface area contributed by atoms with Crippen molar-refractivity contribution in [2.75, 3.05) is 29.9 Å². The third-order valence-corrected chi connectivity index (χ3v) is 8.51.